The Morgan fingerprint density at radius 1 is 1.53 bits per heavy atom. The van der Waals surface area contributed by atoms with Crippen molar-refractivity contribution in [3.63, 3.8) is 0 Å². The third-order valence-corrected chi connectivity index (χ3v) is 2.20. The van der Waals surface area contributed by atoms with E-state index < -0.39 is 6.04 Å². The average molecular weight is 283 g/mol. The van der Waals surface area contributed by atoms with Crippen LogP contribution in [0.25, 0.3) is 0 Å². The lowest BCUT2D eigenvalue weighted by molar-refractivity contribution is -0.124. The molecular weight excluding hydrogens is 263 g/mol. The molecule has 0 saturated carbocycles. The van der Waals surface area contributed by atoms with Crippen LogP contribution in [-0.4, -0.2) is 21.9 Å². The van der Waals surface area contributed by atoms with Crippen molar-refractivity contribution < 1.29 is 4.79 Å². The molecule has 1 atom stereocenters. The first kappa shape index (κ1) is 18.6. The van der Waals surface area contributed by atoms with Crippen molar-refractivity contribution in [2.24, 2.45) is 11.1 Å². The zero-order chi connectivity index (χ0) is 11.5. The predicted octanol–water partition coefficient (Wildman–Crippen LogP) is 1.24. The molecule has 1 heterocycles. The normalized spacial score (nSPS) is 12.0. The van der Waals surface area contributed by atoms with Crippen molar-refractivity contribution in [1.82, 2.24) is 15.3 Å². The molecule has 0 saturated heterocycles. The maximum Gasteiger partial charge on any atom is 0.237 e. The van der Waals surface area contributed by atoms with E-state index in [1.54, 1.807) is 12.4 Å². The molecule has 0 spiro atoms. The molecule has 7 heteroatoms. The third kappa shape index (κ3) is 5.91. The van der Waals surface area contributed by atoms with Crippen LogP contribution in [0.2, 0.25) is 0 Å². The number of rotatable bonds is 3. The SMILES string of the molecule is CC(C)(C)[C@H](N)C(=O)NCc1ncc[nH]1.Cl.Cl. The molecule has 0 aliphatic heterocycles. The molecule has 1 rings (SSSR count). The van der Waals surface area contributed by atoms with Crippen LogP contribution in [0.15, 0.2) is 12.4 Å². The van der Waals surface area contributed by atoms with Gasteiger partial charge in [-0.2, -0.15) is 0 Å². The molecule has 100 valence electrons. The van der Waals surface area contributed by atoms with Crippen LogP contribution < -0.4 is 11.1 Å². The third-order valence-electron chi connectivity index (χ3n) is 2.20. The summed E-state index contributed by atoms with van der Waals surface area (Å²) < 4.78 is 0. The fourth-order valence-electron chi connectivity index (χ4n) is 1.07. The Kier molecular flexibility index (Phi) is 8.23. The number of imidazole rings is 1. The maximum absolute atomic E-state index is 11.6. The summed E-state index contributed by atoms with van der Waals surface area (Å²) in [5, 5.41) is 2.73. The fourth-order valence-corrected chi connectivity index (χ4v) is 1.07. The number of carbonyl (C=O) groups is 1. The number of nitrogens with zero attached hydrogens (tertiary/aromatic N) is 1. The van der Waals surface area contributed by atoms with Crippen LogP contribution in [0.4, 0.5) is 0 Å². The van der Waals surface area contributed by atoms with Crippen molar-refractivity contribution in [3.8, 4) is 0 Å². The smallest absolute Gasteiger partial charge is 0.237 e. The molecule has 1 amide bonds. The predicted molar refractivity (Wildman–Crippen MR) is 72.4 cm³/mol. The maximum atomic E-state index is 11.6. The highest BCUT2D eigenvalue weighted by molar-refractivity contribution is 5.85. The standard InChI is InChI=1S/C10H18N4O.2ClH/c1-10(2,3)8(11)9(15)14-6-7-12-4-5-13-7;;/h4-5,8H,6,11H2,1-3H3,(H,12,13)(H,14,15);2*1H/t8-;;/m1../s1. The largest absolute Gasteiger partial charge is 0.348 e. The molecule has 17 heavy (non-hydrogen) atoms. The van der Waals surface area contributed by atoms with Crippen LogP contribution in [0.3, 0.4) is 0 Å². The zero-order valence-electron chi connectivity index (χ0n) is 10.2. The van der Waals surface area contributed by atoms with Crippen molar-refractivity contribution in [2.45, 2.75) is 33.4 Å². The summed E-state index contributed by atoms with van der Waals surface area (Å²) in [5.41, 5.74) is 5.56. The van der Waals surface area contributed by atoms with Crippen LogP contribution in [0, 0.1) is 5.41 Å². The lowest BCUT2D eigenvalue weighted by atomic mass is 9.87. The van der Waals surface area contributed by atoms with Gasteiger partial charge in [-0.25, -0.2) is 4.98 Å². The molecule has 0 fully saturated rings. The van der Waals surface area contributed by atoms with Crippen LogP contribution in [-0.2, 0) is 11.3 Å². The van der Waals surface area contributed by atoms with Gasteiger partial charge in [0, 0.05) is 12.4 Å². The van der Waals surface area contributed by atoms with E-state index in [-0.39, 0.29) is 36.1 Å². The molecular formula is C10H20Cl2N4O. The Morgan fingerprint density at radius 2 is 2.12 bits per heavy atom. The van der Waals surface area contributed by atoms with Crippen molar-refractivity contribution in [1.29, 1.82) is 0 Å². The highest BCUT2D eigenvalue weighted by Gasteiger charge is 2.27. The number of hydrogen-bond acceptors (Lipinski definition) is 3. The van der Waals surface area contributed by atoms with E-state index >= 15 is 0 Å². The molecule has 0 unspecified atom stereocenters. The molecule has 0 bridgehead atoms. The van der Waals surface area contributed by atoms with Crippen LogP contribution in [0.5, 0.6) is 0 Å². The first-order valence-electron chi connectivity index (χ1n) is 4.93. The van der Waals surface area contributed by atoms with Gasteiger partial charge in [-0.05, 0) is 5.41 Å². The second-order valence-corrected chi connectivity index (χ2v) is 4.60. The van der Waals surface area contributed by atoms with Crippen LogP contribution >= 0.6 is 24.8 Å². The number of H-pyrrole nitrogens is 1. The van der Waals surface area contributed by atoms with Gasteiger partial charge in [-0.15, -0.1) is 24.8 Å². The Hall–Kier alpha value is -0.780. The monoisotopic (exact) mass is 282 g/mol. The van der Waals surface area contributed by atoms with Gasteiger partial charge < -0.3 is 16.0 Å². The summed E-state index contributed by atoms with van der Waals surface area (Å²) in [4.78, 5) is 18.5. The number of amides is 1. The number of nitrogens with one attached hydrogen (secondary N) is 2. The van der Waals surface area contributed by atoms with E-state index in [1.807, 2.05) is 20.8 Å². The molecule has 4 N–H and O–H groups in total. The average Bonchev–Trinajstić information content (AvgIpc) is 2.63. The molecule has 1 aromatic rings. The van der Waals surface area contributed by atoms with Crippen LogP contribution in [0.1, 0.15) is 26.6 Å². The highest BCUT2D eigenvalue weighted by atomic mass is 35.5. The zero-order valence-corrected chi connectivity index (χ0v) is 11.8. The Labute approximate surface area is 114 Å². The van der Waals surface area contributed by atoms with E-state index in [9.17, 15) is 4.79 Å². The van der Waals surface area contributed by atoms with Crippen molar-refractivity contribution in [2.75, 3.05) is 0 Å². The van der Waals surface area contributed by atoms with Crippen molar-refractivity contribution >= 4 is 30.7 Å². The molecule has 0 radical (unpaired) electrons. The van der Waals surface area contributed by atoms with Gasteiger partial charge in [-0.1, -0.05) is 20.8 Å². The summed E-state index contributed by atoms with van der Waals surface area (Å²) in [6.07, 6.45) is 3.36. The number of halogens is 2. The number of aromatic nitrogens is 2. The lowest BCUT2D eigenvalue weighted by Crippen LogP contribution is -2.48. The topological polar surface area (TPSA) is 83.8 Å². The number of carbonyl (C=O) groups excluding carboxylic acids is 1. The van der Waals surface area contributed by atoms with E-state index in [0.29, 0.717) is 6.54 Å². The quantitative estimate of drug-likeness (QED) is 0.780. The number of hydrogen-bond donors (Lipinski definition) is 3. The summed E-state index contributed by atoms with van der Waals surface area (Å²) in [6, 6.07) is -0.507. The van der Waals surface area contributed by atoms with E-state index in [0.717, 1.165) is 5.82 Å². The lowest BCUT2D eigenvalue weighted by Gasteiger charge is -2.25. The van der Waals surface area contributed by atoms with E-state index in [1.165, 1.54) is 0 Å². The minimum atomic E-state index is -0.507. The number of aromatic amines is 1. The van der Waals surface area contributed by atoms with Crippen molar-refractivity contribution in [3.05, 3.63) is 18.2 Å². The highest BCUT2D eigenvalue weighted by Crippen LogP contribution is 2.17. The summed E-state index contributed by atoms with van der Waals surface area (Å²) >= 11 is 0. The molecule has 0 aromatic carbocycles. The first-order valence-corrected chi connectivity index (χ1v) is 4.93. The summed E-state index contributed by atoms with van der Waals surface area (Å²) in [7, 11) is 0. The summed E-state index contributed by atoms with van der Waals surface area (Å²) in [5.74, 6) is 0.573. The Bertz CT molecular complexity index is 322. The van der Waals surface area contributed by atoms with E-state index in [4.69, 9.17) is 5.73 Å². The van der Waals surface area contributed by atoms with Gasteiger partial charge in [0.1, 0.15) is 5.82 Å². The van der Waals surface area contributed by atoms with Gasteiger partial charge in [0.25, 0.3) is 0 Å². The Balaban J connectivity index is 0. The molecule has 0 aliphatic rings. The second kappa shape index (κ2) is 7.53. The summed E-state index contributed by atoms with van der Waals surface area (Å²) in [6.45, 7) is 6.19. The van der Waals surface area contributed by atoms with E-state index in [2.05, 4.69) is 15.3 Å². The van der Waals surface area contributed by atoms with Gasteiger partial charge in [0.15, 0.2) is 0 Å². The number of nitrogens with two attached hydrogens (primary N) is 1. The Morgan fingerprint density at radius 3 is 2.53 bits per heavy atom. The van der Waals surface area contributed by atoms with Gasteiger partial charge in [0.05, 0.1) is 12.6 Å². The fraction of sp³-hybridized carbons (Fsp3) is 0.600. The van der Waals surface area contributed by atoms with Gasteiger partial charge in [-0.3, -0.25) is 4.79 Å². The molecule has 0 aliphatic carbocycles. The van der Waals surface area contributed by atoms with Gasteiger partial charge >= 0.3 is 0 Å². The second-order valence-electron chi connectivity index (χ2n) is 4.60. The minimum absolute atomic E-state index is 0. The first-order chi connectivity index (χ1) is 6.91. The minimum Gasteiger partial charge on any atom is -0.348 e. The van der Waals surface area contributed by atoms with Gasteiger partial charge in [0.2, 0.25) is 5.91 Å². The molecule has 5 nitrogen and oxygen atoms in total. The molecule has 1 aromatic heterocycles.